The average Bonchev–Trinajstić information content (AvgIpc) is 2.82. The van der Waals surface area contributed by atoms with E-state index in [0.29, 0.717) is 17.5 Å². The summed E-state index contributed by atoms with van der Waals surface area (Å²) < 4.78 is 0. The van der Waals surface area contributed by atoms with Crippen LogP contribution >= 0.6 is 0 Å². The molecule has 2 atom stereocenters. The van der Waals surface area contributed by atoms with Gasteiger partial charge in [-0.15, -0.1) is 0 Å². The zero-order chi connectivity index (χ0) is 9.42. The Balaban J connectivity index is 2.38. The quantitative estimate of drug-likeness (QED) is 0.741. The Kier molecular flexibility index (Phi) is 1.76. The lowest BCUT2D eigenvalue weighted by molar-refractivity contribution is 0.0694. The monoisotopic (exact) mass is 178 g/mol. The number of hydrogen-bond acceptors (Lipinski definition) is 3. The molecule has 0 amide bonds. The molecule has 0 aromatic carbocycles. The van der Waals surface area contributed by atoms with Crippen LogP contribution in [0.4, 0.5) is 0 Å². The van der Waals surface area contributed by atoms with Gasteiger partial charge in [-0.1, -0.05) is 6.92 Å². The Hall–Kier alpha value is -1.45. The minimum Gasteiger partial charge on any atom is -0.478 e. The summed E-state index contributed by atoms with van der Waals surface area (Å²) in [5.41, 5.74) is 0.937. The lowest BCUT2D eigenvalue weighted by Gasteiger charge is -2.01. The largest absolute Gasteiger partial charge is 0.478 e. The van der Waals surface area contributed by atoms with Gasteiger partial charge in [-0.3, -0.25) is 0 Å². The van der Waals surface area contributed by atoms with Crippen LogP contribution in [-0.4, -0.2) is 21.0 Å². The Morgan fingerprint density at radius 1 is 1.69 bits per heavy atom. The number of carboxylic acid groups (broad SMARTS) is 1. The fourth-order valence-electron chi connectivity index (χ4n) is 1.50. The molecule has 4 nitrogen and oxygen atoms in total. The van der Waals surface area contributed by atoms with Crippen molar-refractivity contribution in [3.8, 4) is 0 Å². The molecule has 2 rings (SSSR count). The molecule has 1 N–H and O–H groups in total. The van der Waals surface area contributed by atoms with Gasteiger partial charge in [-0.05, 0) is 12.3 Å². The van der Waals surface area contributed by atoms with Gasteiger partial charge in [0.05, 0.1) is 11.3 Å². The van der Waals surface area contributed by atoms with E-state index in [0.717, 1.165) is 6.42 Å². The molecule has 1 fully saturated rings. The number of carbonyl (C=O) groups is 1. The molecule has 1 saturated carbocycles. The van der Waals surface area contributed by atoms with E-state index in [4.69, 9.17) is 5.11 Å². The second-order valence-corrected chi connectivity index (χ2v) is 3.45. The van der Waals surface area contributed by atoms with Crippen molar-refractivity contribution < 1.29 is 9.90 Å². The maximum atomic E-state index is 10.8. The van der Waals surface area contributed by atoms with Gasteiger partial charge in [0.2, 0.25) is 0 Å². The van der Waals surface area contributed by atoms with Gasteiger partial charge >= 0.3 is 5.97 Å². The van der Waals surface area contributed by atoms with E-state index in [1.807, 2.05) is 0 Å². The molecule has 0 radical (unpaired) electrons. The Bertz CT molecular complexity index is 351. The van der Waals surface area contributed by atoms with Crippen LogP contribution < -0.4 is 0 Å². The number of aromatic carboxylic acids is 1. The summed E-state index contributed by atoms with van der Waals surface area (Å²) >= 11 is 0. The molecule has 0 aliphatic heterocycles. The lowest BCUT2D eigenvalue weighted by Crippen LogP contribution is -2.04. The van der Waals surface area contributed by atoms with Crippen LogP contribution in [0.25, 0.3) is 0 Å². The molecule has 1 aromatic heterocycles. The van der Waals surface area contributed by atoms with Gasteiger partial charge in [0, 0.05) is 12.1 Å². The van der Waals surface area contributed by atoms with Gasteiger partial charge < -0.3 is 5.11 Å². The standard InChI is InChI=1S/C9H10N2O2/c1-5-2-6(5)8-7(9(12)13)3-10-4-11-8/h3-6H,2H2,1H3,(H,12,13). The molecule has 1 aromatic rings. The third kappa shape index (κ3) is 1.39. The zero-order valence-corrected chi connectivity index (χ0v) is 7.27. The van der Waals surface area contributed by atoms with Crippen LogP contribution in [0.15, 0.2) is 12.5 Å². The van der Waals surface area contributed by atoms with Crippen LogP contribution in [0.3, 0.4) is 0 Å². The molecular formula is C9H10N2O2. The second kappa shape index (κ2) is 2.80. The van der Waals surface area contributed by atoms with Gasteiger partial charge in [-0.25, -0.2) is 14.8 Å². The fourth-order valence-corrected chi connectivity index (χ4v) is 1.50. The molecular weight excluding hydrogens is 168 g/mol. The lowest BCUT2D eigenvalue weighted by atomic mass is 10.1. The third-order valence-electron chi connectivity index (χ3n) is 2.43. The SMILES string of the molecule is CC1CC1c1ncncc1C(=O)O. The zero-order valence-electron chi connectivity index (χ0n) is 7.27. The minimum absolute atomic E-state index is 0.247. The molecule has 1 aliphatic carbocycles. The highest BCUT2D eigenvalue weighted by Gasteiger charge is 2.37. The normalized spacial score (nSPS) is 25.6. The molecule has 0 bridgehead atoms. The highest BCUT2D eigenvalue weighted by Crippen LogP contribution is 2.46. The number of rotatable bonds is 2. The molecule has 1 aliphatic rings. The summed E-state index contributed by atoms with van der Waals surface area (Å²) in [6, 6.07) is 0. The van der Waals surface area contributed by atoms with Crippen LogP contribution in [0.1, 0.15) is 35.3 Å². The van der Waals surface area contributed by atoms with Crippen molar-refractivity contribution in [3.63, 3.8) is 0 Å². The molecule has 0 spiro atoms. The first-order valence-corrected chi connectivity index (χ1v) is 4.23. The molecule has 2 unspecified atom stereocenters. The molecule has 0 saturated heterocycles. The average molecular weight is 178 g/mol. The van der Waals surface area contributed by atoms with Crippen molar-refractivity contribution >= 4 is 5.97 Å². The van der Waals surface area contributed by atoms with Crippen molar-refractivity contribution in [2.45, 2.75) is 19.3 Å². The highest BCUT2D eigenvalue weighted by molar-refractivity contribution is 5.88. The molecule has 1 heterocycles. The Morgan fingerprint density at radius 2 is 2.38 bits per heavy atom. The summed E-state index contributed by atoms with van der Waals surface area (Å²) in [6.45, 7) is 2.10. The van der Waals surface area contributed by atoms with E-state index in [1.165, 1.54) is 12.5 Å². The van der Waals surface area contributed by atoms with Crippen molar-refractivity contribution in [2.75, 3.05) is 0 Å². The summed E-state index contributed by atoms with van der Waals surface area (Å²) in [5.74, 6) is -0.0446. The number of carboxylic acids is 1. The summed E-state index contributed by atoms with van der Waals surface area (Å²) in [6.07, 6.45) is 3.82. The van der Waals surface area contributed by atoms with Gasteiger partial charge in [0.1, 0.15) is 6.33 Å². The van der Waals surface area contributed by atoms with E-state index in [2.05, 4.69) is 16.9 Å². The highest BCUT2D eigenvalue weighted by atomic mass is 16.4. The summed E-state index contributed by atoms with van der Waals surface area (Å²) in [7, 11) is 0. The number of hydrogen-bond donors (Lipinski definition) is 1. The Morgan fingerprint density at radius 3 is 2.92 bits per heavy atom. The van der Waals surface area contributed by atoms with Crippen molar-refractivity contribution in [3.05, 3.63) is 23.8 Å². The Labute approximate surface area is 75.6 Å². The van der Waals surface area contributed by atoms with Gasteiger partial charge in [0.15, 0.2) is 0 Å². The van der Waals surface area contributed by atoms with Crippen molar-refractivity contribution in [1.82, 2.24) is 9.97 Å². The van der Waals surface area contributed by atoms with E-state index >= 15 is 0 Å². The van der Waals surface area contributed by atoms with Crippen LogP contribution in [0.5, 0.6) is 0 Å². The topological polar surface area (TPSA) is 63.1 Å². The second-order valence-electron chi connectivity index (χ2n) is 3.45. The van der Waals surface area contributed by atoms with E-state index in [-0.39, 0.29) is 5.56 Å². The number of nitrogens with zero attached hydrogens (tertiary/aromatic N) is 2. The van der Waals surface area contributed by atoms with Crippen LogP contribution in [0, 0.1) is 5.92 Å². The summed E-state index contributed by atoms with van der Waals surface area (Å²) in [5, 5.41) is 8.85. The van der Waals surface area contributed by atoms with Crippen LogP contribution in [-0.2, 0) is 0 Å². The predicted octanol–water partition coefficient (Wildman–Crippen LogP) is 1.30. The van der Waals surface area contributed by atoms with Gasteiger partial charge in [0.25, 0.3) is 0 Å². The fraction of sp³-hybridized carbons (Fsp3) is 0.444. The predicted molar refractivity (Wildman–Crippen MR) is 45.5 cm³/mol. The first-order chi connectivity index (χ1) is 6.20. The third-order valence-corrected chi connectivity index (χ3v) is 2.43. The van der Waals surface area contributed by atoms with Crippen molar-refractivity contribution in [1.29, 1.82) is 0 Å². The smallest absolute Gasteiger partial charge is 0.339 e. The molecule has 4 heteroatoms. The summed E-state index contributed by atoms with van der Waals surface area (Å²) in [4.78, 5) is 18.5. The maximum Gasteiger partial charge on any atom is 0.339 e. The molecule has 68 valence electrons. The van der Waals surface area contributed by atoms with Crippen molar-refractivity contribution in [2.24, 2.45) is 5.92 Å². The van der Waals surface area contributed by atoms with E-state index < -0.39 is 5.97 Å². The minimum atomic E-state index is -0.935. The maximum absolute atomic E-state index is 10.8. The first-order valence-electron chi connectivity index (χ1n) is 4.23. The van der Waals surface area contributed by atoms with E-state index in [1.54, 1.807) is 0 Å². The first kappa shape index (κ1) is 8.16. The van der Waals surface area contributed by atoms with Gasteiger partial charge in [-0.2, -0.15) is 0 Å². The molecule has 13 heavy (non-hydrogen) atoms. The van der Waals surface area contributed by atoms with Crippen LogP contribution in [0.2, 0.25) is 0 Å². The van der Waals surface area contributed by atoms with E-state index in [9.17, 15) is 4.79 Å². The number of aromatic nitrogens is 2.